The molecule has 0 fully saturated rings. The number of carboxylic acids is 1. The van der Waals surface area contributed by atoms with Gasteiger partial charge in [-0.05, 0) is 35.8 Å². The van der Waals surface area contributed by atoms with Crippen LogP contribution < -0.4 is 0 Å². The summed E-state index contributed by atoms with van der Waals surface area (Å²) >= 11 is 7.64. The van der Waals surface area contributed by atoms with Crippen molar-refractivity contribution < 1.29 is 9.90 Å². The van der Waals surface area contributed by atoms with Crippen molar-refractivity contribution in [1.29, 1.82) is 0 Å². The van der Waals surface area contributed by atoms with E-state index < -0.39 is 5.97 Å². The third-order valence-electron chi connectivity index (χ3n) is 2.67. The third-order valence-corrected chi connectivity index (χ3v) is 4.09. The Morgan fingerprint density at radius 3 is 3.00 bits per heavy atom. The average molecular weight is 243 g/mol. The predicted molar refractivity (Wildman–Crippen MR) is 62.2 cm³/mol. The number of rotatable bonds is 1. The van der Waals surface area contributed by atoms with Crippen molar-refractivity contribution in [2.75, 3.05) is 5.75 Å². The van der Waals surface area contributed by atoms with E-state index in [2.05, 4.69) is 6.92 Å². The average Bonchev–Trinajstić information content (AvgIpc) is 2.18. The molecule has 2 nitrogen and oxygen atoms in total. The molecule has 1 unspecified atom stereocenters. The molecule has 0 aliphatic carbocycles. The monoisotopic (exact) mass is 242 g/mol. The number of hydrogen-bond donors (Lipinski definition) is 1. The minimum Gasteiger partial charge on any atom is -0.478 e. The van der Waals surface area contributed by atoms with E-state index in [-0.39, 0.29) is 5.56 Å². The zero-order chi connectivity index (χ0) is 11.0. The number of benzene rings is 1. The van der Waals surface area contributed by atoms with Gasteiger partial charge < -0.3 is 5.11 Å². The maximum Gasteiger partial charge on any atom is 0.337 e. The molecule has 0 radical (unpaired) electrons. The van der Waals surface area contributed by atoms with Gasteiger partial charge >= 0.3 is 5.97 Å². The largest absolute Gasteiger partial charge is 0.478 e. The molecule has 1 aliphatic rings. The second kappa shape index (κ2) is 4.06. The first-order valence-electron chi connectivity index (χ1n) is 4.79. The summed E-state index contributed by atoms with van der Waals surface area (Å²) in [4.78, 5) is 12.0. The summed E-state index contributed by atoms with van der Waals surface area (Å²) in [6, 6.07) is 3.50. The van der Waals surface area contributed by atoms with Crippen LogP contribution >= 0.6 is 23.4 Å². The Morgan fingerprint density at radius 1 is 1.60 bits per heavy atom. The first kappa shape index (κ1) is 10.8. The van der Waals surface area contributed by atoms with E-state index in [1.807, 2.05) is 0 Å². The lowest BCUT2D eigenvalue weighted by Gasteiger charge is -2.22. The van der Waals surface area contributed by atoms with Crippen molar-refractivity contribution in [3.63, 3.8) is 0 Å². The number of hydrogen-bond acceptors (Lipinski definition) is 2. The van der Waals surface area contributed by atoms with Gasteiger partial charge in [-0.15, -0.1) is 11.8 Å². The number of carboxylic acid groups (broad SMARTS) is 1. The Kier molecular flexibility index (Phi) is 2.94. The third kappa shape index (κ3) is 1.99. The summed E-state index contributed by atoms with van der Waals surface area (Å²) in [5.41, 5.74) is 1.39. The van der Waals surface area contributed by atoms with Crippen molar-refractivity contribution in [3.05, 3.63) is 28.3 Å². The summed E-state index contributed by atoms with van der Waals surface area (Å²) in [6.07, 6.45) is 1.13. The zero-order valence-corrected chi connectivity index (χ0v) is 9.86. The van der Waals surface area contributed by atoms with Crippen molar-refractivity contribution >= 4 is 29.3 Å². The normalized spacial score (nSPS) is 19.7. The molecule has 1 aliphatic heterocycles. The van der Waals surface area contributed by atoms with Crippen LogP contribution in [0.4, 0.5) is 0 Å². The van der Waals surface area contributed by atoms with Gasteiger partial charge in [0, 0.05) is 4.90 Å². The molecule has 2 rings (SSSR count). The molecular formula is C11H11ClO2S. The Bertz CT molecular complexity index is 417. The van der Waals surface area contributed by atoms with Crippen LogP contribution in [0.15, 0.2) is 17.0 Å². The molecule has 15 heavy (non-hydrogen) atoms. The lowest BCUT2D eigenvalue weighted by Crippen LogP contribution is -2.07. The summed E-state index contributed by atoms with van der Waals surface area (Å²) in [5, 5.41) is 9.28. The SMILES string of the molecule is CC1CCSc2cc(C(=O)O)c(Cl)cc21. The first-order chi connectivity index (χ1) is 7.09. The molecule has 1 atom stereocenters. The molecule has 1 heterocycles. The summed E-state index contributed by atoms with van der Waals surface area (Å²) < 4.78 is 0. The number of thioether (sulfide) groups is 1. The summed E-state index contributed by atoms with van der Waals surface area (Å²) in [7, 11) is 0. The van der Waals surface area contributed by atoms with Crippen LogP contribution in [-0.2, 0) is 0 Å². The Balaban J connectivity index is 2.54. The molecule has 0 spiro atoms. The fourth-order valence-electron chi connectivity index (χ4n) is 1.74. The minimum atomic E-state index is -0.957. The van der Waals surface area contributed by atoms with Gasteiger partial charge in [0.25, 0.3) is 0 Å². The first-order valence-corrected chi connectivity index (χ1v) is 6.15. The van der Waals surface area contributed by atoms with Gasteiger partial charge in [-0.1, -0.05) is 18.5 Å². The molecule has 0 saturated heterocycles. The van der Waals surface area contributed by atoms with Crippen molar-refractivity contribution in [2.24, 2.45) is 0 Å². The number of fused-ring (bicyclic) bond motifs is 1. The maximum absolute atomic E-state index is 10.9. The lowest BCUT2D eigenvalue weighted by atomic mass is 9.97. The van der Waals surface area contributed by atoms with Crippen LogP contribution in [-0.4, -0.2) is 16.8 Å². The van der Waals surface area contributed by atoms with E-state index in [0.29, 0.717) is 10.9 Å². The van der Waals surface area contributed by atoms with E-state index in [9.17, 15) is 4.79 Å². The van der Waals surface area contributed by atoms with Crippen LogP contribution in [0, 0.1) is 0 Å². The molecular weight excluding hydrogens is 232 g/mol. The van der Waals surface area contributed by atoms with Crippen LogP contribution in [0.3, 0.4) is 0 Å². The highest BCUT2D eigenvalue weighted by Gasteiger charge is 2.20. The highest BCUT2D eigenvalue weighted by atomic mass is 35.5. The number of carbonyl (C=O) groups is 1. The number of aromatic carboxylic acids is 1. The standard InChI is InChI=1S/C11H11ClO2S/c1-6-2-3-15-10-5-8(11(13)14)9(12)4-7(6)10/h4-6H,2-3H2,1H3,(H,13,14). The van der Waals surface area contributed by atoms with Gasteiger partial charge in [0.2, 0.25) is 0 Å². The molecule has 80 valence electrons. The Hall–Kier alpha value is -0.670. The van der Waals surface area contributed by atoms with Gasteiger partial charge in [-0.2, -0.15) is 0 Å². The highest BCUT2D eigenvalue weighted by Crippen LogP contribution is 2.39. The van der Waals surface area contributed by atoms with Gasteiger partial charge in [-0.25, -0.2) is 4.79 Å². The molecule has 0 amide bonds. The summed E-state index contributed by atoms with van der Waals surface area (Å²) in [5.74, 6) is 0.567. The quantitative estimate of drug-likeness (QED) is 0.817. The molecule has 1 aromatic rings. The molecule has 0 bridgehead atoms. The second-order valence-electron chi connectivity index (χ2n) is 3.71. The molecule has 1 N–H and O–H groups in total. The Morgan fingerprint density at radius 2 is 2.33 bits per heavy atom. The smallest absolute Gasteiger partial charge is 0.337 e. The van der Waals surface area contributed by atoms with Crippen molar-refractivity contribution in [3.8, 4) is 0 Å². The van der Waals surface area contributed by atoms with Gasteiger partial charge in [-0.3, -0.25) is 0 Å². The van der Waals surface area contributed by atoms with Crippen LogP contribution in [0.2, 0.25) is 5.02 Å². The zero-order valence-electron chi connectivity index (χ0n) is 8.29. The predicted octanol–water partition coefficient (Wildman–Crippen LogP) is 3.64. The van der Waals surface area contributed by atoms with Crippen LogP contribution in [0.5, 0.6) is 0 Å². The highest BCUT2D eigenvalue weighted by molar-refractivity contribution is 7.99. The van der Waals surface area contributed by atoms with Crippen LogP contribution in [0.1, 0.15) is 35.2 Å². The van der Waals surface area contributed by atoms with Crippen molar-refractivity contribution in [2.45, 2.75) is 24.2 Å². The van der Waals surface area contributed by atoms with Gasteiger partial charge in [0.1, 0.15) is 0 Å². The summed E-state index contributed by atoms with van der Waals surface area (Å²) in [6.45, 7) is 2.15. The lowest BCUT2D eigenvalue weighted by molar-refractivity contribution is 0.0697. The van der Waals surface area contributed by atoms with Gasteiger partial charge in [0.15, 0.2) is 0 Å². The fraction of sp³-hybridized carbons (Fsp3) is 0.364. The van der Waals surface area contributed by atoms with E-state index in [0.717, 1.165) is 17.1 Å². The van der Waals surface area contributed by atoms with E-state index in [1.165, 1.54) is 5.56 Å². The van der Waals surface area contributed by atoms with Gasteiger partial charge in [0.05, 0.1) is 10.6 Å². The van der Waals surface area contributed by atoms with E-state index in [4.69, 9.17) is 16.7 Å². The topological polar surface area (TPSA) is 37.3 Å². The maximum atomic E-state index is 10.9. The van der Waals surface area contributed by atoms with E-state index in [1.54, 1.807) is 23.9 Å². The molecule has 4 heteroatoms. The van der Waals surface area contributed by atoms with Crippen LogP contribution in [0.25, 0.3) is 0 Å². The Labute approximate surface area is 97.6 Å². The van der Waals surface area contributed by atoms with E-state index >= 15 is 0 Å². The molecule has 1 aromatic carbocycles. The molecule has 0 saturated carbocycles. The van der Waals surface area contributed by atoms with Crippen molar-refractivity contribution in [1.82, 2.24) is 0 Å². The fourth-order valence-corrected chi connectivity index (χ4v) is 3.32. The second-order valence-corrected chi connectivity index (χ2v) is 5.26. The minimum absolute atomic E-state index is 0.206. The molecule has 0 aromatic heterocycles. The number of halogens is 1.